The molecular formula is C13H16N4O3. The fraction of sp³-hybridized carbons (Fsp3) is 0.308. The molecule has 0 aliphatic rings. The lowest BCUT2D eigenvalue weighted by molar-refractivity contribution is 0.0698. The number of aromatic carboxylic acids is 1. The zero-order chi connectivity index (χ0) is 14.9. The number of nitrogens with zero attached hydrogens (tertiary/aromatic N) is 2. The van der Waals surface area contributed by atoms with Crippen molar-refractivity contribution in [3.8, 4) is 0 Å². The van der Waals surface area contributed by atoms with E-state index in [1.807, 2.05) is 20.8 Å². The first-order valence-corrected chi connectivity index (χ1v) is 6.09. The topological polar surface area (TPSA) is 114 Å². The summed E-state index contributed by atoms with van der Waals surface area (Å²) in [6.07, 6.45) is 1.40. The highest BCUT2D eigenvalue weighted by atomic mass is 16.5. The van der Waals surface area contributed by atoms with Crippen molar-refractivity contribution in [2.45, 2.75) is 26.8 Å². The number of nitrogens with one attached hydrogen (secondary N) is 1. The second kappa shape index (κ2) is 5.20. The summed E-state index contributed by atoms with van der Waals surface area (Å²) in [5.41, 5.74) is 7.63. The molecule has 0 saturated carbocycles. The third-order valence-electron chi connectivity index (χ3n) is 3.10. The Kier molecular flexibility index (Phi) is 3.60. The van der Waals surface area contributed by atoms with Crippen LogP contribution in [0.4, 0.5) is 11.5 Å². The Balaban J connectivity index is 2.31. The molecule has 0 aliphatic carbocycles. The first-order chi connectivity index (χ1) is 9.41. The van der Waals surface area contributed by atoms with Crippen LogP contribution in [0.25, 0.3) is 0 Å². The molecule has 106 valence electrons. The minimum Gasteiger partial charge on any atom is -0.478 e. The minimum atomic E-state index is -1.09. The first kappa shape index (κ1) is 13.9. The number of anilines is 2. The molecule has 0 bridgehead atoms. The number of nitrogens with two attached hydrogens (primary N) is 1. The molecule has 7 nitrogen and oxygen atoms in total. The zero-order valence-electron chi connectivity index (χ0n) is 11.5. The van der Waals surface area contributed by atoms with Crippen LogP contribution in [0.1, 0.15) is 40.3 Å². The van der Waals surface area contributed by atoms with Crippen molar-refractivity contribution in [1.29, 1.82) is 0 Å². The fourth-order valence-corrected chi connectivity index (χ4v) is 2.16. The molecule has 1 unspecified atom stereocenters. The average Bonchev–Trinajstić information content (AvgIpc) is 2.71. The van der Waals surface area contributed by atoms with Gasteiger partial charge in [-0.2, -0.15) is 0 Å². The molecule has 0 radical (unpaired) electrons. The third kappa shape index (κ3) is 2.42. The Labute approximate surface area is 115 Å². The average molecular weight is 276 g/mol. The van der Waals surface area contributed by atoms with Crippen molar-refractivity contribution in [2.24, 2.45) is 0 Å². The van der Waals surface area contributed by atoms with E-state index in [1.165, 1.54) is 12.3 Å². The maximum atomic E-state index is 11.0. The fourth-order valence-electron chi connectivity index (χ4n) is 2.16. The second-order valence-corrected chi connectivity index (χ2v) is 4.53. The highest BCUT2D eigenvalue weighted by Gasteiger charge is 2.19. The van der Waals surface area contributed by atoms with Gasteiger partial charge < -0.3 is 20.7 Å². The molecular weight excluding hydrogens is 260 g/mol. The van der Waals surface area contributed by atoms with Crippen molar-refractivity contribution >= 4 is 17.5 Å². The summed E-state index contributed by atoms with van der Waals surface area (Å²) < 4.78 is 5.11. The highest BCUT2D eigenvalue weighted by molar-refractivity contribution is 5.96. The van der Waals surface area contributed by atoms with E-state index in [0.717, 1.165) is 11.3 Å². The van der Waals surface area contributed by atoms with Gasteiger partial charge in [0.15, 0.2) is 5.82 Å². The van der Waals surface area contributed by atoms with E-state index in [9.17, 15) is 4.79 Å². The van der Waals surface area contributed by atoms with E-state index in [-0.39, 0.29) is 17.3 Å². The number of hydrogen-bond donors (Lipinski definition) is 3. The summed E-state index contributed by atoms with van der Waals surface area (Å²) in [6, 6.07) is 1.21. The lowest BCUT2D eigenvalue weighted by Crippen LogP contribution is -2.13. The van der Waals surface area contributed by atoms with Crippen LogP contribution in [0.5, 0.6) is 0 Å². The Morgan fingerprint density at radius 3 is 2.75 bits per heavy atom. The number of nitrogen functional groups attached to an aromatic ring is 1. The molecule has 0 spiro atoms. The molecule has 0 saturated heterocycles. The van der Waals surface area contributed by atoms with E-state index in [0.29, 0.717) is 11.6 Å². The SMILES string of the molecule is Cc1noc(C)c1C(C)Nc1nccc(C(=O)O)c1N. The van der Waals surface area contributed by atoms with E-state index in [2.05, 4.69) is 15.5 Å². The third-order valence-corrected chi connectivity index (χ3v) is 3.10. The van der Waals surface area contributed by atoms with Gasteiger partial charge in [0.25, 0.3) is 0 Å². The number of carbonyl (C=O) groups is 1. The van der Waals surface area contributed by atoms with E-state index < -0.39 is 5.97 Å². The van der Waals surface area contributed by atoms with Gasteiger partial charge in [0.1, 0.15) is 5.76 Å². The largest absolute Gasteiger partial charge is 0.478 e. The van der Waals surface area contributed by atoms with Crippen LogP contribution >= 0.6 is 0 Å². The Hall–Kier alpha value is -2.57. The normalized spacial score (nSPS) is 12.2. The van der Waals surface area contributed by atoms with E-state index in [4.69, 9.17) is 15.4 Å². The molecule has 4 N–H and O–H groups in total. The first-order valence-electron chi connectivity index (χ1n) is 6.09. The van der Waals surface area contributed by atoms with Crippen LogP contribution < -0.4 is 11.1 Å². The number of hydrogen-bond acceptors (Lipinski definition) is 6. The summed E-state index contributed by atoms with van der Waals surface area (Å²) in [7, 11) is 0. The standard InChI is InChI=1S/C13H16N4O3/c1-6(10-7(2)17-20-8(10)3)16-12-11(14)9(13(18)19)4-5-15-12/h4-6H,14H2,1-3H3,(H,15,16)(H,18,19). The number of carboxylic acid groups (broad SMARTS) is 1. The summed E-state index contributed by atoms with van der Waals surface area (Å²) in [4.78, 5) is 15.1. The van der Waals surface area contributed by atoms with Crippen LogP contribution in [-0.2, 0) is 0 Å². The van der Waals surface area contributed by atoms with E-state index >= 15 is 0 Å². The molecule has 0 aromatic carbocycles. The van der Waals surface area contributed by atoms with Gasteiger partial charge in [-0.25, -0.2) is 9.78 Å². The number of aromatic nitrogens is 2. The zero-order valence-corrected chi connectivity index (χ0v) is 11.5. The number of carboxylic acids is 1. The van der Waals surface area contributed by atoms with Gasteiger partial charge in [-0.15, -0.1) is 0 Å². The lowest BCUT2D eigenvalue weighted by atomic mass is 10.1. The molecule has 2 aromatic heterocycles. The van der Waals surface area contributed by atoms with Gasteiger partial charge in [0.05, 0.1) is 23.0 Å². The van der Waals surface area contributed by atoms with Crippen molar-refractivity contribution in [2.75, 3.05) is 11.1 Å². The molecule has 7 heteroatoms. The molecule has 2 rings (SSSR count). The highest BCUT2D eigenvalue weighted by Crippen LogP contribution is 2.27. The predicted octanol–water partition coefficient (Wildman–Crippen LogP) is 2.14. The summed E-state index contributed by atoms with van der Waals surface area (Å²) in [6.45, 7) is 5.56. The van der Waals surface area contributed by atoms with Gasteiger partial charge >= 0.3 is 5.97 Å². The number of aryl methyl sites for hydroxylation is 2. The van der Waals surface area contributed by atoms with Crippen molar-refractivity contribution in [1.82, 2.24) is 10.1 Å². The molecule has 2 aromatic rings. The van der Waals surface area contributed by atoms with E-state index in [1.54, 1.807) is 0 Å². The molecule has 2 heterocycles. The quantitative estimate of drug-likeness (QED) is 0.783. The van der Waals surface area contributed by atoms with Crippen molar-refractivity contribution < 1.29 is 14.4 Å². The summed E-state index contributed by atoms with van der Waals surface area (Å²) in [5.74, 6) is -0.0502. The van der Waals surface area contributed by atoms with Crippen LogP contribution in [0.3, 0.4) is 0 Å². The van der Waals surface area contributed by atoms with Gasteiger partial charge in [-0.3, -0.25) is 0 Å². The van der Waals surface area contributed by atoms with Gasteiger partial charge in [-0.05, 0) is 26.8 Å². The van der Waals surface area contributed by atoms with Crippen LogP contribution in [0.15, 0.2) is 16.8 Å². The van der Waals surface area contributed by atoms with Gasteiger partial charge in [-0.1, -0.05) is 5.16 Å². The summed E-state index contributed by atoms with van der Waals surface area (Å²) in [5, 5.41) is 16.0. The summed E-state index contributed by atoms with van der Waals surface area (Å²) >= 11 is 0. The monoisotopic (exact) mass is 276 g/mol. The Morgan fingerprint density at radius 2 is 2.20 bits per heavy atom. The smallest absolute Gasteiger partial charge is 0.337 e. The van der Waals surface area contributed by atoms with Crippen LogP contribution in [0.2, 0.25) is 0 Å². The van der Waals surface area contributed by atoms with Crippen molar-refractivity contribution in [3.05, 3.63) is 34.8 Å². The van der Waals surface area contributed by atoms with Gasteiger partial charge in [0, 0.05) is 11.8 Å². The molecule has 20 heavy (non-hydrogen) atoms. The maximum absolute atomic E-state index is 11.0. The van der Waals surface area contributed by atoms with Crippen molar-refractivity contribution in [3.63, 3.8) is 0 Å². The van der Waals surface area contributed by atoms with Gasteiger partial charge in [0.2, 0.25) is 0 Å². The minimum absolute atomic E-state index is 0.0217. The van der Waals surface area contributed by atoms with Crippen LogP contribution in [-0.4, -0.2) is 21.2 Å². The predicted molar refractivity (Wildman–Crippen MR) is 73.6 cm³/mol. The number of pyridine rings is 1. The van der Waals surface area contributed by atoms with Crippen LogP contribution in [0, 0.1) is 13.8 Å². The number of rotatable bonds is 4. The molecule has 0 fully saturated rings. The Morgan fingerprint density at radius 1 is 1.50 bits per heavy atom. The Bertz CT molecular complexity index is 632. The maximum Gasteiger partial charge on any atom is 0.337 e. The molecule has 0 aliphatic heterocycles. The second-order valence-electron chi connectivity index (χ2n) is 4.53. The molecule has 0 amide bonds. The molecule has 1 atom stereocenters. The lowest BCUT2D eigenvalue weighted by Gasteiger charge is -2.16.